The van der Waals surface area contributed by atoms with Gasteiger partial charge in [-0.15, -0.1) is 10.2 Å². The summed E-state index contributed by atoms with van der Waals surface area (Å²) >= 11 is 6.24. The molecule has 0 radical (unpaired) electrons. The summed E-state index contributed by atoms with van der Waals surface area (Å²) in [6.45, 7) is 3.21. The first-order valence-corrected chi connectivity index (χ1v) is 10.6. The first kappa shape index (κ1) is 21.7. The first-order chi connectivity index (χ1) is 14.2. The van der Waals surface area contributed by atoms with Gasteiger partial charge in [0.2, 0.25) is 11.8 Å². The molecule has 0 aliphatic carbocycles. The number of benzene rings is 2. The molecule has 3 aromatic rings. The predicted octanol–water partition coefficient (Wildman–Crippen LogP) is 3.33. The van der Waals surface area contributed by atoms with Crippen LogP contribution in [-0.4, -0.2) is 24.7 Å². The lowest BCUT2D eigenvalue weighted by atomic mass is 10.1. The fourth-order valence-corrected chi connectivity index (χ4v) is 3.54. The molecule has 3 N–H and O–H groups in total. The Morgan fingerprint density at radius 2 is 1.93 bits per heavy atom. The predicted molar refractivity (Wildman–Crippen MR) is 111 cm³/mol. The van der Waals surface area contributed by atoms with Crippen LogP contribution in [0.4, 0.5) is 5.69 Å². The molecule has 0 saturated heterocycles. The van der Waals surface area contributed by atoms with Gasteiger partial charge in [-0.25, -0.2) is 5.14 Å². The number of nitrogens with two attached hydrogens (primary N) is 1. The van der Waals surface area contributed by atoms with Crippen LogP contribution in [0, 0.1) is 18.3 Å². The number of hydrogen-bond donors (Lipinski definition) is 2. The monoisotopic (exact) mass is 447 g/mol. The van der Waals surface area contributed by atoms with Gasteiger partial charge >= 0.3 is 10.3 Å². The molecule has 1 aromatic heterocycles. The van der Waals surface area contributed by atoms with Gasteiger partial charge in [0.25, 0.3) is 0 Å². The molecule has 0 amide bonds. The molecule has 30 heavy (non-hydrogen) atoms. The largest absolute Gasteiger partial charge is 0.418 e. The van der Waals surface area contributed by atoms with Crippen molar-refractivity contribution >= 4 is 27.6 Å². The van der Waals surface area contributed by atoms with Gasteiger partial charge in [-0.2, -0.15) is 13.7 Å². The summed E-state index contributed by atoms with van der Waals surface area (Å²) in [5, 5.41) is 25.6. The van der Waals surface area contributed by atoms with Crippen molar-refractivity contribution in [2.45, 2.75) is 26.0 Å². The van der Waals surface area contributed by atoms with E-state index in [1.54, 1.807) is 31.2 Å². The highest BCUT2D eigenvalue weighted by Crippen LogP contribution is 2.32. The van der Waals surface area contributed by atoms with Crippen LogP contribution in [0.2, 0.25) is 5.02 Å². The van der Waals surface area contributed by atoms with E-state index in [0.29, 0.717) is 22.4 Å². The summed E-state index contributed by atoms with van der Waals surface area (Å²) < 4.78 is 33.6. The maximum absolute atomic E-state index is 11.5. The number of halogens is 1. The van der Waals surface area contributed by atoms with Gasteiger partial charge in [0.15, 0.2) is 0 Å². The zero-order chi connectivity index (χ0) is 21.9. The molecule has 156 valence electrons. The highest BCUT2D eigenvalue weighted by molar-refractivity contribution is 7.84. The summed E-state index contributed by atoms with van der Waals surface area (Å²) in [4.78, 5) is 0. The van der Waals surface area contributed by atoms with E-state index in [4.69, 9.17) is 30.6 Å². The highest BCUT2D eigenvalue weighted by atomic mass is 35.5. The summed E-state index contributed by atoms with van der Waals surface area (Å²) in [7, 11) is -4.24. The van der Waals surface area contributed by atoms with E-state index >= 15 is 0 Å². The van der Waals surface area contributed by atoms with Crippen LogP contribution in [-0.2, 0) is 14.5 Å². The maximum atomic E-state index is 11.5. The highest BCUT2D eigenvalue weighted by Gasteiger charge is 2.30. The van der Waals surface area contributed by atoms with Crippen molar-refractivity contribution in [2.75, 3.05) is 5.32 Å². The molecule has 0 aliphatic rings. The smallest absolute Gasteiger partial charge is 0.333 e. The van der Waals surface area contributed by atoms with Gasteiger partial charge in [0.05, 0.1) is 10.6 Å². The van der Waals surface area contributed by atoms with E-state index in [1.165, 1.54) is 6.92 Å². The number of nitrogens with one attached hydrogen (secondary N) is 1. The van der Waals surface area contributed by atoms with E-state index in [9.17, 15) is 8.42 Å². The first-order valence-electron chi connectivity index (χ1n) is 8.75. The third-order valence-electron chi connectivity index (χ3n) is 4.30. The van der Waals surface area contributed by atoms with Gasteiger partial charge in [-0.3, -0.25) is 4.18 Å². The van der Waals surface area contributed by atoms with E-state index in [2.05, 4.69) is 15.5 Å². The van der Waals surface area contributed by atoms with Crippen molar-refractivity contribution in [3.05, 3.63) is 64.5 Å². The van der Waals surface area contributed by atoms with Crippen LogP contribution in [0.5, 0.6) is 0 Å². The topological polar surface area (TPSA) is 144 Å². The Hall–Kier alpha value is -2.97. The second kappa shape index (κ2) is 8.81. The summed E-state index contributed by atoms with van der Waals surface area (Å²) in [5.41, 5.74) is 2.14. The molecule has 3 rings (SSSR count). The minimum atomic E-state index is -4.24. The number of hydrogen-bond acceptors (Lipinski definition) is 8. The minimum absolute atomic E-state index is 0.0879. The lowest BCUT2D eigenvalue weighted by Crippen LogP contribution is -2.31. The lowest BCUT2D eigenvalue weighted by Gasteiger charge is -2.23. The number of rotatable bonds is 7. The van der Waals surface area contributed by atoms with E-state index in [1.807, 2.05) is 24.3 Å². The zero-order valence-electron chi connectivity index (χ0n) is 16.0. The Kier molecular flexibility index (Phi) is 6.38. The number of nitriles is 1. The Labute approximate surface area is 178 Å². The average Bonchev–Trinajstić information content (AvgIpc) is 3.18. The molecule has 0 unspecified atom stereocenters. The second-order valence-corrected chi connectivity index (χ2v) is 8.00. The van der Waals surface area contributed by atoms with Crippen molar-refractivity contribution in [2.24, 2.45) is 5.14 Å². The fraction of sp³-hybridized carbons (Fsp3) is 0.211. The van der Waals surface area contributed by atoms with Crippen LogP contribution in [0.15, 0.2) is 46.9 Å². The van der Waals surface area contributed by atoms with Crippen molar-refractivity contribution in [3.63, 3.8) is 0 Å². The third-order valence-corrected chi connectivity index (χ3v) is 5.36. The van der Waals surface area contributed by atoms with Crippen LogP contribution in [0.1, 0.15) is 30.0 Å². The van der Waals surface area contributed by atoms with Gasteiger partial charge in [0, 0.05) is 11.3 Å². The SMILES string of the molecule is Cc1c(N[C@@H](c2nnc(-c3ccccc3)o2)[C@H](C)OS(N)(=O)=O)ccc(C#N)c1Cl. The molecule has 9 nitrogen and oxygen atoms in total. The quantitative estimate of drug-likeness (QED) is 0.561. The number of aromatic nitrogens is 2. The Morgan fingerprint density at radius 1 is 1.23 bits per heavy atom. The second-order valence-electron chi connectivity index (χ2n) is 6.44. The lowest BCUT2D eigenvalue weighted by molar-refractivity contribution is 0.192. The minimum Gasteiger partial charge on any atom is -0.418 e. The molecule has 0 saturated carbocycles. The van der Waals surface area contributed by atoms with Crippen molar-refractivity contribution in [1.29, 1.82) is 5.26 Å². The van der Waals surface area contributed by atoms with E-state index in [-0.39, 0.29) is 16.8 Å². The van der Waals surface area contributed by atoms with E-state index < -0.39 is 22.4 Å². The molecule has 2 atom stereocenters. The maximum Gasteiger partial charge on any atom is 0.333 e. The standard InChI is InChI=1S/C19H18ClN5O4S/c1-11-15(9-8-14(10-21)16(11)20)23-17(12(2)29-30(22,26)27)19-25-24-18(28-19)13-6-4-3-5-7-13/h3-9,12,17,23H,1-2H3,(H2,22,26,27)/t12-,17+/m0/s1. The molecule has 0 spiro atoms. The molecular formula is C19H18ClN5O4S. The molecule has 0 fully saturated rings. The Balaban J connectivity index is 1.99. The van der Waals surface area contributed by atoms with Crippen LogP contribution >= 0.6 is 11.6 Å². The molecule has 11 heteroatoms. The zero-order valence-corrected chi connectivity index (χ0v) is 17.6. The van der Waals surface area contributed by atoms with Crippen LogP contribution in [0.3, 0.4) is 0 Å². The van der Waals surface area contributed by atoms with Gasteiger partial charge in [0.1, 0.15) is 18.2 Å². The van der Waals surface area contributed by atoms with Crippen molar-refractivity contribution in [1.82, 2.24) is 10.2 Å². The van der Waals surface area contributed by atoms with Crippen molar-refractivity contribution < 1.29 is 17.0 Å². The summed E-state index contributed by atoms with van der Waals surface area (Å²) in [6.07, 6.45) is -1.00. The normalized spacial score (nSPS) is 13.4. The van der Waals surface area contributed by atoms with Gasteiger partial charge in [-0.05, 0) is 43.7 Å². The third kappa shape index (κ3) is 4.95. The van der Waals surface area contributed by atoms with Crippen LogP contribution in [0.25, 0.3) is 11.5 Å². The fourth-order valence-electron chi connectivity index (χ4n) is 2.80. The van der Waals surface area contributed by atoms with E-state index in [0.717, 1.165) is 0 Å². The van der Waals surface area contributed by atoms with Crippen molar-refractivity contribution in [3.8, 4) is 17.5 Å². The average molecular weight is 448 g/mol. The van der Waals surface area contributed by atoms with Gasteiger partial charge < -0.3 is 9.73 Å². The molecule has 2 aromatic carbocycles. The summed E-state index contributed by atoms with van der Waals surface area (Å²) in [6, 6.07) is 13.4. The molecule has 1 heterocycles. The molecular weight excluding hydrogens is 430 g/mol. The molecule has 0 bridgehead atoms. The Morgan fingerprint density at radius 3 is 2.57 bits per heavy atom. The number of anilines is 1. The molecule has 0 aliphatic heterocycles. The number of nitrogens with zero attached hydrogens (tertiary/aromatic N) is 3. The summed E-state index contributed by atoms with van der Waals surface area (Å²) in [5.74, 6) is 0.347. The van der Waals surface area contributed by atoms with Gasteiger partial charge in [-0.1, -0.05) is 29.8 Å². The Bertz CT molecular complexity index is 1190. The van der Waals surface area contributed by atoms with Crippen LogP contribution < -0.4 is 10.5 Å².